The van der Waals surface area contributed by atoms with E-state index in [4.69, 9.17) is 20.9 Å². The average molecular weight is 494 g/mol. The van der Waals surface area contributed by atoms with Gasteiger partial charge in [0, 0.05) is 23.0 Å². The molecule has 1 aromatic heterocycles. The van der Waals surface area contributed by atoms with Gasteiger partial charge >= 0.3 is 5.97 Å². The summed E-state index contributed by atoms with van der Waals surface area (Å²) >= 11 is 8.07. The second-order valence-electron chi connectivity index (χ2n) is 7.32. The van der Waals surface area contributed by atoms with Gasteiger partial charge in [0.25, 0.3) is 10.1 Å². The fourth-order valence-electron chi connectivity index (χ4n) is 3.48. The molecule has 32 heavy (non-hydrogen) atoms. The van der Waals surface area contributed by atoms with Crippen LogP contribution in [0.15, 0.2) is 64.9 Å². The number of halogens is 1. The highest BCUT2D eigenvalue weighted by atomic mass is 35.5. The summed E-state index contributed by atoms with van der Waals surface area (Å²) in [4.78, 5) is 15.8. The van der Waals surface area contributed by atoms with Crippen molar-refractivity contribution < 1.29 is 22.5 Å². The van der Waals surface area contributed by atoms with Crippen LogP contribution in [0.5, 0.6) is 0 Å². The second kappa shape index (κ2) is 10.6. The fraction of sp³-hybridized carbons (Fsp3) is 0.261. The Bertz CT molecular complexity index is 1180. The molecule has 3 aromatic rings. The van der Waals surface area contributed by atoms with Crippen LogP contribution in [0.2, 0.25) is 5.02 Å². The monoisotopic (exact) mass is 493 g/mol. The van der Waals surface area contributed by atoms with E-state index in [0.29, 0.717) is 5.02 Å². The van der Waals surface area contributed by atoms with Crippen molar-refractivity contribution in [3.05, 3.63) is 86.6 Å². The Labute approximate surface area is 197 Å². The zero-order chi connectivity index (χ0) is 23.3. The molecule has 1 atom stereocenters. The molecule has 0 aliphatic carbocycles. The van der Waals surface area contributed by atoms with Gasteiger partial charge in [-0.05, 0) is 54.1 Å². The molecule has 170 valence electrons. The number of aryl methyl sites for hydroxylation is 1. The topological polar surface area (TPSA) is 83.9 Å². The van der Waals surface area contributed by atoms with E-state index in [1.54, 1.807) is 23.5 Å². The Hall–Kier alpha value is -2.23. The molecule has 0 amide bonds. The Kier molecular flexibility index (Phi) is 8.08. The van der Waals surface area contributed by atoms with Crippen molar-refractivity contribution >= 4 is 39.0 Å². The van der Waals surface area contributed by atoms with Crippen LogP contribution < -0.4 is 0 Å². The van der Waals surface area contributed by atoms with Crippen molar-refractivity contribution in [2.24, 2.45) is 0 Å². The smallest absolute Gasteiger partial charge is 0.327 e. The molecule has 0 spiro atoms. The predicted octanol–water partition coefficient (Wildman–Crippen LogP) is 4.92. The summed E-state index contributed by atoms with van der Waals surface area (Å²) in [6.45, 7) is 3.43. The first-order valence-electron chi connectivity index (χ1n) is 9.86. The highest BCUT2D eigenvalue weighted by Crippen LogP contribution is 2.33. The summed E-state index contributed by atoms with van der Waals surface area (Å²) in [6, 6.07) is 15.1. The predicted molar refractivity (Wildman–Crippen MR) is 126 cm³/mol. The van der Waals surface area contributed by atoms with Crippen LogP contribution in [0.3, 0.4) is 0 Å². The summed E-state index contributed by atoms with van der Waals surface area (Å²) in [6.07, 6.45) is 0.963. The normalized spacial score (nSPS) is 14.6. The van der Waals surface area contributed by atoms with Crippen molar-refractivity contribution in [1.29, 1.82) is 0 Å². The maximum Gasteiger partial charge on any atom is 0.327 e. The molecule has 2 aromatic carbocycles. The summed E-state index contributed by atoms with van der Waals surface area (Å²) < 4.78 is 34.6. The molecule has 2 heterocycles. The van der Waals surface area contributed by atoms with Gasteiger partial charge in [0.15, 0.2) is 0 Å². The first-order chi connectivity index (χ1) is 15.2. The number of carbonyl (C=O) groups excluding carboxylic acids is 1. The molecular formula is C23H24ClNO5S2. The van der Waals surface area contributed by atoms with Crippen LogP contribution in [-0.2, 0) is 32.6 Å². The fourth-order valence-corrected chi connectivity index (χ4v) is 5.09. The summed E-state index contributed by atoms with van der Waals surface area (Å²) in [7, 11) is -2.60. The van der Waals surface area contributed by atoms with E-state index in [0.717, 1.165) is 30.6 Å². The van der Waals surface area contributed by atoms with Crippen LogP contribution in [0.4, 0.5) is 0 Å². The van der Waals surface area contributed by atoms with Gasteiger partial charge in [-0.2, -0.15) is 8.42 Å². The SMILES string of the molecule is COC(=O)C(c1ccccc1Cl)N1CCc2sccc2C1.Cc1ccc(S(=O)(=O)O)cc1. The molecule has 0 saturated carbocycles. The van der Waals surface area contributed by atoms with Crippen molar-refractivity contribution in [1.82, 2.24) is 4.90 Å². The van der Waals surface area contributed by atoms with Gasteiger partial charge in [-0.3, -0.25) is 9.45 Å². The number of carbonyl (C=O) groups is 1. The van der Waals surface area contributed by atoms with E-state index in [2.05, 4.69) is 16.3 Å². The van der Waals surface area contributed by atoms with Gasteiger partial charge in [-0.25, -0.2) is 4.79 Å². The second-order valence-corrected chi connectivity index (χ2v) is 10.2. The Morgan fingerprint density at radius 1 is 1.16 bits per heavy atom. The lowest BCUT2D eigenvalue weighted by molar-refractivity contribution is -0.147. The minimum atomic E-state index is -4.02. The van der Waals surface area contributed by atoms with Gasteiger partial charge in [-0.1, -0.05) is 47.5 Å². The first kappa shape index (κ1) is 24.4. The molecule has 4 rings (SSSR count). The van der Waals surface area contributed by atoms with Crippen LogP contribution in [0.1, 0.15) is 27.6 Å². The third-order valence-electron chi connectivity index (χ3n) is 5.15. The zero-order valence-electron chi connectivity index (χ0n) is 17.7. The van der Waals surface area contributed by atoms with E-state index >= 15 is 0 Å². The molecule has 1 unspecified atom stereocenters. The van der Waals surface area contributed by atoms with Crippen molar-refractivity contribution in [3.63, 3.8) is 0 Å². The van der Waals surface area contributed by atoms with E-state index < -0.39 is 16.2 Å². The standard InChI is InChI=1S/C16H16ClNO2S.C7H8O3S/c1-20-16(19)15(12-4-2-3-5-13(12)17)18-8-6-14-11(10-18)7-9-21-14;1-6-2-4-7(5-3-6)11(8,9)10/h2-5,7,9,15H,6,8,10H2,1H3;2-5H,1H3,(H,8,9,10). The Morgan fingerprint density at radius 3 is 2.47 bits per heavy atom. The lowest BCUT2D eigenvalue weighted by Crippen LogP contribution is -2.38. The lowest BCUT2D eigenvalue weighted by Gasteiger charge is -2.33. The van der Waals surface area contributed by atoms with Crippen LogP contribution in [-0.4, -0.2) is 37.5 Å². The minimum Gasteiger partial charge on any atom is -0.468 e. The van der Waals surface area contributed by atoms with Crippen LogP contribution >= 0.6 is 22.9 Å². The molecular weight excluding hydrogens is 470 g/mol. The van der Waals surface area contributed by atoms with Gasteiger partial charge in [-0.15, -0.1) is 11.3 Å². The third kappa shape index (κ3) is 5.96. The van der Waals surface area contributed by atoms with E-state index in [1.807, 2.05) is 31.2 Å². The van der Waals surface area contributed by atoms with Crippen LogP contribution in [0.25, 0.3) is 0 Å². The Balaban J connectivity index is 0.000000222. The molecule has 1 aliphatic heterocycles. The number of ether oxygens (including phenoxy) is 1. The van der Waals surface area contributed by atoms with Crippen molar-refractivity contribution in [2.45, 2.75) is 30.8 Å². The van der Waals surface area contributed by atoms with Gasteiger partial charge in [0.05, 0.1) is 12.0 Å². The first-order valence-corrected chi connectivity index (χ1v) is 12.6. The number of thiophene rings is 1. The molecule has 0 saturated heterocycles. The third-order valence-corrected chi connectivity index (χ3v) is 7.38. The Morgan fingerprint density at radius 2 is 1.84 bits per heavy atom. The summed E-state index contributed by atoms with van der Waals surface area (Å²) in [5, 5.41) is 2.71. The number of esters is 1. The zero-order valence-corrected chi connectivity index (χ0v) is 20.1. The molecule has 1 aliphatic rings. The number of benzene rings is 2. The molecule has 0 fully saturated rings. The summed E-state index contributed by atoms with van der Waals surface area (Å²) in [5.74, 6) is -0.262. The maximum absolute atomic E-state index is 12.3. The number of hydrogen-bond donors (Lipinski definition) is 1. The number of fused-ring (bicyclic) bond motifs is 1. The van der Waals surface area contributed by atoms with E-state index in [-0.39, 0.29) is 10.9 Å². The molecule has 6 nitrogen and oxygen atoms in total. The van der Waals surface area contributed by atoms with Gasteiger partial charge in [0.1, 0.15) is 6.04 Å². The lowest BCUT2D eigenvalue weighted by atomic mass is 10.0. The van der Waals surface area contributed by atoms with Gasteiger partial charge < -0.3 is 4.74 Å². The number of nitrogens with zero attached hydrogens (tertiary/aromatic N) is 1. The van der Waals surface area contributed by atoms with Crippen molar-refractivity contribution in [2.75, 3.05) is 13.7 Å². The molecule has 9 heteroatoms. The molecule has 0 bridgehead atoms. The quantitative estimate of drug-likeness (QED) is 0.410. The van der Waals surface area contributed by atoms with Gasteiger partial charge in [0.2, 0.25) is 0 Å². The highest BCUT2D eigenvalue weighted by Gasteiger charge is 2.32. The maximum atomic E-state index is 12.3. The largest absolute Gasteiger partial charge is 0.468 e. The average Bonchev–Trinajstić information content (AvgIpc) is 3.23. The van der Waals surface area contributed by atoms with E-state index in [9.17, 15) is 13.2 Å². The van der Waals surface area contributed by atoms with Crippen LogP contribution in [0, 0.1) is 6.92 Å². The van der Waals surface area contributed by atoms with E-state index in [1.165, 1.54) is 29.7 Å². The molecule has 1 N–H and O–H groups in total. The molecule has 0 radical (unpaired) electrons. The number of methoxy groups -OCH3 is 1. The number of rotatable bonds is 4. The van der Waals surface area contributed by atoms with Crippen molar-refractivity contribution in [3.8, 4) is 0 Å². The minimum absolute atomic E-state index is 0.0666. The summed E-state index contributed by atoms with van der Waals surface area (Å²) in [5.41, 5.74) is 3.06. The highest BCUT2D eigenvalue weighted by molar-refractivity contribution is 7.85. The number of hydrogen-bond acceptors (Lipinski definition) is 6.